The second kappa shape index (κ2) is 5.66. The second-order valence-corrected chi connectivity index (χ2v) is 4.40. The summed E-state index contributed by atoms with van der Waals surface area (Å²) in [6, 6.07) is 9.44. The first-order chi connectivity index (χ1) is 9.13. The van der Waals surface area contributed by atoms with Crippen LogP contribution in [0.5, 0.6) is 0 Å². The lowest BCUT2D eigenvalue weighted by atomic mass is 10.3. The van der Waals surface area contributed by atoms with Crippen LogP contribution in [0.1, 0.15) is 5.69 Å². The Balaban J connectivity index is 2.34. The average Bonchev–Trinajstić information content (AvgIpc) is 2.80. The molecule has 0 saturated carbocycles. The van der Waals surface area contributed by atoms with E-state index in [4.69, 9.17) is 16.7 Å². The molecule has 1 aromatic heterocycles. The predicted octanol–water partition coefficient (Wildman–Crippen LogP) is 0.181. The summed E-state index contributed by atoms with van der Waals surface area (Å²) < 4.78 is 6.46. The van der Waals surface area contributed by atoms with Gasteiger partial charge in [-0.3, -0.25) is 4.52 Å². The van der Waals surface area contributed by atoms with Gasteiger partial charge < -0.3 is 10.2 Å². The van der Waals surface area contributed by atoms with Crippen molar-refractivity contribution in [3.8, 4) is 5.69 Å². The normalized spacial score (nSPS) is 10.2. The van der Waals surface area contributed by atoms with Crippen molar-refractivity contribution in [2.75, 3.05) is 14.1 Å². The molecule has 0 unspecified atom stereocenters. The maximum atomic E-state index is 11.8. The van der Waals surface area contributed by atoms with Gasteiger partial charge in [-0.1, -0.05) is 18.2 Å². The molecule has 0 atom stereocenters. The summed E-state index contributed by atoms with van der Waals surface area (Å²) in [6.45, 7) is 0.348. The van der Waals surface area contributed by atoms with Crippen LogP contribution in [0.2, 0.25) is 0 Å². The van der Waals surface area contributed by atoms with E-state index in [2.05, 4.69) is 10.6 Å². The monoisotopic (exact) mass is 279 g/mol. The van der Waals surface area contributed by atoms with Crippen molar-refractivity contribution in [2.24, 2.45) is 0 Å². The molecule has 7 heteroatoms. The maximum Gasteiger partial charge on any atom is 0.432 e. The zero-order chi connectivity index (χ0) is 13.8. The van der Waals surface area contributed by atoms with Gasteiger partial charge in [-0.2, -0.15) is 0 Å². The third kappa shape index (κ3) is 2.82. The number of hydrogen-bond donors (Lipinski definition) is 2. The second-order valence-electron chi connectivity index (χ2n) is 4.01. The van der Waals surface area contributed by atoms with Crippen molar-refractivity contribution in [3.63, 3.8) is 0 Å². The SMILES string of the molecule is CNC(=S)N(C)Cc1c(=O)o[nH][n+]1-c1ccccc1. The molecule has 0 amide bonds. The summed E-state index contributed by atoms with van der Waals surface area (Å²) in [6.07, 6.45) is 0. The van der Waals surface area contributed by atoms with Crippen LogP contribution in [0.3, 0.4) is 0 Å². The van der Waals surface area contributed by atoms with Gasteiger partial charge in [-0.25, -0.2) is 4.79 Å². The van der Waals surface area contributed by atoms with Gasteiger partial charge in [0.25, 0.3) is 0 Å². The van der Waals surface area contributed by atoms with Gasteiger partial charge in [0.05, 0.1) is 0 Å². The summed E-state index contributed by atoms with van der Waals surface area (Å²) in [5.74, 6) is 0. The first kappa shape index (κ1) is 13.3. The third-order valence-corrected chi connectivity index (χ3v) is 3.21. The molecule has 0 aliphatic rings. The molecule has 19 heavy (non-hydrogen) atoms. The number of nitrogens with one attached hydrogen (secondary N) is 2. The standard InChI is InChI=1S/C12H14N4O2S/c1-13-12(19)15(2)8-10-11(17)18-14-16(10)9-6-4-3-5-7-9/h3-7H,8H2,1-2H3,(H-,13,14,17,19)/p+1. The van der Waals surface area contributed by atoms with E-state index >= 15 is 0 Å². The van der Waals surface area contributed by atoms with Crippen LogP contribution in [0.15, 0.2) is 39.6 Å². The Morgan fingerprint density at radius 2 is 2.16 bits per heavy atom. The van der Waals surface area contributed by atoms with Gasteiger partial charge in [0.15, 0.2) is 5.11 Å². The highest BCUT2D eigenvalue weighted by atomic mass is 32.1. The first-order valence-corrected chi connectivity index (χ1v) is 6.15. The van der Waals surface area contributed by atoms with Crippen molar-refractivity contribution < 1.29 is 9.20 Å². The molecule has 1 heterocycles. The van der Waals surface area contributed by atoms with Crippen molar-refractivity contribution in [1.29, 1.82) is 0 Å². The van der Waals surface area contributed by atoms with Crippen LogP contribution in [0.25, 0.3) is 5.69 Å². The Bertz CT molecular complexity index is 620. The fourth-order valence-corrected chi connectivity index (χ4v) is 1.77. The smallest absolute Gasteiger partial charge is 0.366 e. The highest BCUT2D eigenvalue weighted by molar-refractivity contribution is 7.80. The van der Waals surface area contributed by atoms with Crippen molar-refractivity contribution >= 4 is 17.3 Å². The third-order valence-electron chi connectivity index (χ3n) is 2.70. The number of hydrogen-bond acceptors (Lipinski definition) is 3. The van der Waals surface area contributed by atoms with Crippen molar-refractivity contribution in [2.45, 2.75) is 6.54 Å². The zero-order valence-corrected chi connectivity index (χ0v) is 11.5. The van der Waals surface area contributed by atoms with E-state index in [-0.39, 0.29) is 0 Å². The molecule has 1 aromatic carbocycles. The average molecular weight is 279 g/mol. The minimum Gasteiger partial charge on any atom is -0.366 e. The van der Waals surface area contributed by atoms with Gasteiger partial charge in [-0.05, 0) is 22.2 Å². The summed E-state index contributed by atoms with van der Waals surface area (Å²) in [4.78, 5) is 13.5. The molecule has 0 aliphatic heterocycles. The number of aromatic amines is 1. The van der Waals surface area contributed by atoms with E-state index < -0.39 is 5.63 Å². The van der Waals surface area contributed by atoms with Crippen LogP contribution in [-0.2, 0) is 6.54 Å². The van der Waals surface area contributed by atoms with Crippen LogP contribution >= 0.6 is 12.2 Å². The molecular weight excluding hydrogens is 264 g/mol. The van der Waals surface area contributed by atoms with Gasteiger partial charge in [-0.15, -0.1) is 0 Å². The highest BCUT2D eigenvalue weighted by Gasteiger charge is 2.24. The van der Waals surface area contributed by atoms with E-state index in [9.17, 15) is 4.79 Å². The molecule has 6 nitrogen and oxygen atoms in total. The van der Waals surface area contributed by atoms with E-state index in [1.165, 1.54) is 0 Å². The maximum absolute atomic E-state index is 11.8. The summed E-state index contributed by atoms with van der Waals surface area (Å²) in [7, 11) is 3.55. The van der Waals surface area contributed by atoms with E-state index in [0.29, 0.717) is 17.4 Å². The minimum atomic E-state index is -0.408. The van der Waals surface area contributed by atoms with Crippen molar-refractivity contribution in [1.82, 2.24) is 15.5 Å². The predicted molar refractivity (Wildman–Crippen MR) is 74.0 cm³/mol. The largest absolute Gasteiger partial charge is 0.432 e. The lowest BCUT2D eigenvalue weighted by Gasteiger charge is -2.15. The molecule has 0 fully saturated rings. The number of nitrogens with zero attached hydrogens (tertiary/aromatic N) is 2. The fraction of sp³-hybridized carbons (Fsp3) is 0.250. The van der Waals surface area contributed by atoms with Crippen LogP contribution in [0, 0.1) is 0 Å². The lowest BCUT2D eigenvalue weighted by Crippen LogP contribution is -2.43. The molecular formula is C12H15N4O2S+. The number of aromatic nitrogens is 2. The Labute approximate surface area is 115 Å². The molecule has 2 aromatic rings. The Morgan fingerprint density at radius 1 is 1.47 bits per heavy atom. The number of para-hydroxylation sites is 1. The molecule has 0 saturated heterocycles. The number of rotatable bonds is 3. The van der Waals surface area contributed by atoms with Gasteiger partial charge >= 0.3 is 11.3 Å². The number of H-pyrrole nitrogens is 1. The summed E-state index contributed by atoms with van der Waals surface area (Å²) >= 11 is 5.12. The Kier molecular flexibility index (Phi) is 3.96. The Hall–Kier alpha value is -2.15. The van der Waals surface area contributed by atoms with E-state index in [0.717, 1.165) is 5.69 Å². The quantitative estimate of drug-likeness (QED) is 0.620. The molecule has 2 N–H and O–H groups in total. The van der Waals surface area contributed by atoms with Crippen LogP contribution in [0.4, 0.5) is 0 Å². The molecule has 100 valence electrons. The lowest BCUT2D eigenvalue weighted by molar-refractivity contribution is -0.678. The van der Waals surface area contributed by atoms with Gasteiger partial charge in [0, 0.05) is 26.2 Å². The van der Waals surface area contributed by atoms with Crippen molar-refractivity contribution in [3.05, 3.63) is 46.4 Å². The molecule has 0 spiro atoms. The summed E-state index contributed by atoms with van der Waals surface area (Å²) in [5.41, 5.74) is 0.896. The minimum absolute atomic E-state index is 0.348. The molecule has 2 rings (SSSR count). The molecule has 0 aliphatic carbocycles. The van der Waals surface area contributed by atoms with Crippen LogP contribution < -0.4 is 15.6 Å². The van der Waals surface area contributed by atoms with Crippen LogP contribution in [-0.4, -0.2) is 29.4 Å². The number of benzene rings is 1. The van der Waals surface area contributed by atoms with Gasteiger partial charge in [0.1, 0.15) is 6.54 Å². The summed E-state index contributed by atoms with van der Waals surface area (Å²) in [5, 5.41) is 6.01. The zero-order valence-electron chi connectivity index (χ0n) is 10.7. The highest BCUT2D eigenvalue weighted by Crippen LogP contribution is 2.00. The van der Waals surface area contributed by atoms with Gasteiger partial charge in [0.2, 0.25) is 5.69 Å². The fourth-order valence-electron chi connectivity index (χ4n) is 1.70. The van der Waals surface area contributed by atoms with E-state index in [1.807, 2.05) is 30.3 Å². The first-order valence-electron chi connectivity index (χ1n) is 5.74. The van der Waals surface area contributed by atoms with E-state index in [1.54, 1.807) is 23.7 Å². The molecule has 0 bridgehead atoms. The Morgan fingerprint density at radius 3 is 2.79 bits per heavy atom. The topological polar surface area (TPSA) is 65.2 Å². The number of thiocarbonyl (C=S) groups is 1. The molecule has 0 radical (unpaired) electrons.